The third-order valence-electron chi connectivity index (χ3n) is 4.44. The molecule has 2 nitrogen and oxygen atoms in total. The van der Waals surface area contributed by atoms with Gasteiger partial charge in [0, 0.05) is 5.56 Å². The standard InChI is InChI=1S/C23H16F3NOS/c1-28-19-11-12-20-21(14-19)29-22(27-20)17-9-7-15(8-10-17)5-6-16-3-2-4-18(13-16)23(24,25)26/h2-14H,1H3. The van der Waals surface area contributed by atoms with E-state index in [0.717, 1.165) is 44.2 Å². The molecule has 1 heterocycles. The van der Waals surface area contributed by atoms with E-state index in [2.05, 4.69) is 4.98 Å². The van der Waals surface area contributed by atoms with Crippen LogP contribution in [0.3, 0.4) is 0 Å². The topological polar surface area (TPSA) is 22.1 Å². The Bertz CT molecular complexity index is 1180. The monoisotopic (exact) mass is 411 g/mol. The van der Waals surface area contributed by atoms with E-state index in [1.165, 1.54) is 6.07 Å². The maximum Gasteiger partial charge on any atom is 0.416 e. The zero-order chi connectivity index (χ0) is 20.4. The number of nitrogens with zero attached hydrogens (tertiary/aromatic N) is 1. The van der Waals surface area contributed by atoms with Crippen molar-refractivity contribution in [3.63, 3.8) is 0 Å². The van der Waals surface area contributed by atoms with Gasteiger partial charge >= 0.3 is 6.18 Å². The quantitative estimate of drug-likeness (QED) is 0.332. The maximum absolute atomic E-state index is 12.8. The second-order valence-electron chi connectivity index (χ2n) is 6.43. The van der Waals surface area contributed by atoms with Crippen LogP contribution in [0.1, 0.15) is 16.7 Å². The molecule has 0 fully saturated rings. The molecule has 0 aliphatic rings. The first kappa shape index (κ1) is 19.2. The summed E-state index contributed by atoms with van der Waals surface area (Å²) >= 11 is 1.58. The van der Waals surface area contributed by atoms with Gasteiger partial charge in [0.05, 0.1) is 22.9 Å². The molecule has 0 atom stereocenters. The van der Waals surface area contributed by atoms with E-state index in [1.54, 1.807) is 36.7 Å². The van der Waals surface area contributed by atoms with Crippen molar-refractivity contribution >= 4 is 33.7 Å². The van der Waals surface area contributed by atoms with Gasteiger partial charge in [0.2, 0.25) is 0 Å². The van der Waals surface area contributed by atoms with Gasteiger partial charge in [-0.2, -0.15) is 13.2 Å². The second kappa shape index (κ2) is 7.72. The normalized spacial score (nSPS) is 12.0. The van der Waals surface area contributed by atoms with Crippen molar-refractivity contribution < 1.29 is 17.9 Å². The Balaban J connectivity index is 1.54. The molecule has 0 aliphatic heterocycles. The number of thiazole rings is 1. The van der Waals surface area contributed by atoms with Gasteiger partial charge in [0.1, 0.15) is 10.8 Å². The van der Waals surface area contributed by atoms with Crippen LogP contribution in [0.25, 0.3) is 32.9 Å². The molecule has 0 bridgehead atoms. The summed E-state index contributed by atoms with van der Waals surface area (Å²) in [5.41, 5.74) is 2.65. The van der Waals surface area contributed by atoms with Gasteiger partial charge in [-0.1, -0.05) is 48.6 Å². The minimum atomic E-state index is -4.34. The summed E-state index contributed by atoms with van der Waals surface area (Å²) < 4.78 is 44.8. The van der Waals surface area contributed by atoms with E-state index in [1.807, 2.05) is 42.5 Å². The number of aromatic nitrogens is 1. The van der Waals surface area contributed by atoms with Gasteiger partial charge in [0.25, 0.3) is 0 Å². The fourth-order valence-corrected chi connectivity index (χ4v) is 3.90. The largest absolute Gasteiger partial charge is 0.497 e. The van der Waals surface area contributed by atoms with Crippen LogP contribution in [-0.2, 0) is 6.18 Å². The molecule has 0 aliphatic carbocycles. The fraction of sp³-hybridized carbons (Fsp3) is 0.0870. The Morgan fingerprint density at radius 2 is 1.66 bits per heavy atom. The molecule has 3 aromatic carbocycles. The van der Waals surface area contributed by atoms with E-state index in [4.69, 9.17) is 4.74 Å². The fourth-order valence-electron chi connectivity index (χ4n) is 2.90. The summed E-state index contributed by atoms with van der Waals surface area (Å²) in [5.74, 6) is 0.794. The van der Waals surface area contributed by atoms with Gasteiger partial charge in [-0.3, -0.25) is 0 Å². The number of ether oxygens (including phenoxy) is 1. The summed E-state index contributed by atoms with van der Waals surface area (Å²) in [7, 11) is 1.63. The highest BCUT2D eigenvalue weighted by Crippen LogP contribution is 2.33. The predicted molar refractivity (Wildman–Crippen MR) is 112 cm³/mol. The summed E-state index contributed by atoms with van der Waals surface area (Å²) in [5, 5.41) is 0.904. The molecule has 0 N–H and O–H groups in total. The molecule has 0 unspecified atom stereocenters. The molecule has 0 saturated heterocycles. The summed E-state index contributed by atoms with van der Waals surface area (Å²) in [6, 6.07) is 18.8. The highest BCUT2D eigenvalue weighted by atomic mass is 32.1. The zero-order valence-electron chi connectivity index (χ0n) is 15.4. The number of rotatable bonds is 4. The van der Waals surface area contributed by atoms with Crippen molar-refractivity contribution in [1.82, 2.24) is 4.98 Å². The maximum atomic E-state index is 12.8. The first-order chi connectivity index (χ1) is 13.9. The van der Waals surface area contributed by atoms with E-state index < -0.39 is 11.7 Å². The van der Waals surface area contributed by atoms with Crippen LogP contribution in [0.15, 0.2) is 66.7 Å². The number of alkyl halides is 3. The van der Waals surface area contributed by atoms with Crippen LogP contribution in [0.4, 0.5) is 13.2 Å². The molecule has 29 heavy (non-hydrogen) atoms. The SMILES string of the molecule is COc1ccc2nc(-c3ccc(C=Cc4cccc(C(F)(F)F)c4)cc3)sc2c1. The average molecular weight is 411 g/mol. The van der Waals surface area contributed by atoms with Crippen molar-refractivity contribution in [2.75, 3.05) is 7.11 Å². The van der Waals surface area contributed by atoms with Crippen LogP contribution < -0.4 is 4.74 Å². The number of benzene rings is 3. The second-order valence-corrected chi connectivity index (χ2v) is 7.46. The van der Waals surface area contributed by atoms with Crippen molar-refractivity contribution in [2.24, 2.45) is 0 Å². The van der Waals surface area contributed by atoms with Crippen LogP contribution in [0.2, 0.25) is 0 Å². The summed E-state index contributed by atoms with van der Waals surface area (Å²) in [6.07, 6.45) is -0.872. The summed E-state index contributed by atoms with van der Waals surface area (Å²) in [4.78, 5) is 4.65. The van der Waals surface area contributed by atoms with Crippen molar-refractivity contribution in [3.05, 3.63) is 83.4 Å². The lowest BCUT2D eigenvalue weighted by Gasteiger charge is -2.06. The van der Waals surface area contributed by atoms with Crippen LogP contribution in [0.5, 0.6) is 5.75 Å². The minimum absolute atomic E-state index is 0.504. The van der Waals surface area contributed by atoms with Crippen molar-refractivity contribution in [1.29, 1.82) is 0 Å². The van der Waals surface area contributed by atoms with E-state index in [-0.39, 0.29) is 0 Å². The van der Waals surface area contributed by atoms with E-state index in [9.17, 15) is 13.2 Å². The molecule has 0 radical (unpaired) electrons. The molecule has 1 aromatic heterocycles. The van der Waals surface area contributed by atoms with Crippen LogP contribution in [0, 0.1) is 0 Å². The number of hydrogen-bond acceptors (Lipinski definition) is 3. The number of methoxy groups -OCH3 is 1. The highest BCUT2D eigenvalue weighted by molar-refractivity contribution is 7.21. The first-order valence-electron chi connectivity index (χ1n) is 8.83. The third kappa shape index (κ3) is 4.32. The van der Waals surface area contributed by atoms with Crippen LogP contribution in [-0.4, -0.2) is 12.1 Å². The summed E-state index contributed by atoms with van der Waals surface area (Å²) in [6.45, 7) is 0. The smallest absolute Gasteiger partial charge is 0.416 e. The first-order valence-corrected chi connectivity index (χ1v) is 9.64. The van der Waals surface area contributed by atoms with Crippen molar-refractivity contribution in [3.8, 4) is 16.3 Å². The lowest BCUT2D eigenvalue weighted by Crippen LogP contribution is -2.04. The number of halogens is 3. The molecule has 4 rings (SSSR count). The van der Waals surface area contributed by atoms with Crippen LogP contribution >= 0.6 is 11.3 Å². The minimum Gasteiger partial charge on any atom is -0.497 e. The highest BCUT2D eigenvalue weighted by Gasteiger charge is 2.30. The molecular formula is C23H16F3NOS. The van der Waals surface area contributed by atoms with E-state index in [0.29, 0.717) is 5.56 Å². The Morgan fingerprint density at radius 1 is 0.897 bits per heavy atom. The third-order valence-corrected chi connectivity index (χ3v) is 5.50. The Morgan fingerprint density at radius 3 is 2.38 bits per heavy atom. The van der Waals surface area contributed by atoms with E-state index >= 15 is 0 Å². The van der Waals surface area contributed by atoms with Gasteiger partial charge < -0.3 is 4.74 Å². The Kier molecular flexibility index (Phi) is 5.11. The molecule has 0 saturated carbocycles. The molecular weight excluding hydrogens is 395 g/mol. The van der Waals surface area contributed by atoms with Gasteiger partial charge in [-0.05, 0) is 41.5 Å². The van der Waals surface area contributed by atoms with Gasteiger partial charge in [-0.15, -0.1) is 11.3 Å². The Hall–Kier alpha value is -3.12. The molecule has 0 spiro atoms. The molecule has 0 amide bonds. The number of hydrogen-bond donors (Lipinski definition) is 0. The Labute approximate surface area is 169 Å². The molecule has 6 heteroatoms. The van der Waals surface area contributed by atoms with Gasteiger partial charge in [-0.25, -0.2) is 4.98 Å². The molecule has 4 aromatic rings. The lowest BCUT2D eigenvalue weighted by molar-refractivity contribution is -0.137. The average Bonchev–Trinajstić information content (AvgIpc) is 3.15. The lowest BCUT2D eigenvalue weighted by atomic mass is 10.1. The molecule has 146 valence electrons. The number of fused-ring (bicyclic) bond motifs is 1. The predicted octanol–water partition coefficient (Wildman–Crippen LogP) is 7.16. The van der Waals surface area contributed by atoms with Gasteiger partial charge in [0.15, 0.2) is 0 Å². The zero-order valence-corrected chi connectivity index (χ0v) is 16.2. The van der Waals surface area contributed by atoms with Crippen molar-refractivity contribution in [2.45, 2.75) is 6.18 Å².